The molecule has 0 radical (unpaired) electrons. The molecule has 1 aliphatic rings. The van der Waals surface area contributed by atoms with Gasteiger partial charge in [0, 0.05) is 12.6 Å². The Balaban J connectivity index is 2.54. The van der Waals surface area contributed by atoms with Gasteiger partial charge in [0.1, 0.15) is 5.38 Å². The van der Waals surface area contributed by atoms with Gasteiger partial charge in [-0.05, 0) is 32.6 Å². The van der Waals surface area contributed by atoms with Crippen molar-refractivity contribution in [2.45, 2.75) is 50.9 Å². The van der Waals surface area contributed by atoms with Crippen molar-refractivity contribution in [3.63, 3.8) is 0 Å². The van der Waals surface area contributed by atoms with Crippen molar-refractivity contribution in [2.24, 2.45) is 0 Å². The lowest BCUT2D eigenvalue weighted by molar-refractivity contribution is -0.119. The van der Waals surface area contributed by atoms with E-state index in [2.05, 4.69) is 12.2 Å². The van der Waals surface area contributed by atoms with Crippen LogP contribution in [0.1, 0.15) is 39.5 Å². The Morgan fingerprint density at radius 2 is 2.19 bits per heavy atom. The molecule has 1 aliphatic heterocycles. The third kappa shape index (κ3) is 3.37. The fourth-order valence-corrected chi connectivity index (χ4v) is 2.02. The van der Waals surface area contributed by atoms with Gasteiger partial charge in [-0.15, -0.1) is 11.6 Å². The van der Waals surface area contributed by atoms with E-state index in [9.17, 15) is 9.59 Å². The predicted octanol–water partition coefficient (Wildman–Crippen LogP) is 2.11. The molecule has 1 fully saturated rings. The van der Waals surface area contributed by atoms with E-state index < -0.39 is 11.3 Å². The maximum absolute atomic E-state index is 11.8. The molecule has 1 heterocycles. The second-order valence-electron chi connectivity index (χ2n) is 4.16. The number of nitrogens with zero attached hydrogens (tertiary/aromatic N) is 1. The van der Waals surface area contributed by atoms with Crippen LogP contribution in [0.15, 0.2) is 0 Å². The highest BCUT2D eigenvalue weighted by Gasteiger charge is 2.26. The summed E-state index contributed by atoms with van der Waals surface area (Å²) in [5.74, 6) is -0.424. The van der Waals surface area contributed by atoms with Crippen LogP contribution in [0.4, 0.5) is 4.79 Å². The molecule has 0 spiro atoms. The molecular formula is C11H19ClN2O2. The van der Waals surface area contributed by atoms with Crippen LogP contribution in [0, 0.1) is 0 Å². The number of amides is 3. The molecule has 0 saturated carbocycles. The number of alkyl halides is 1. The van der Waals surface area contributed by atoms with Crippen LogP contribution in [0.25, 0.3) is 0 Å². The predicted molar refractivity (Wildman–Crippen MR) is 63.5 cm³/mol. The molecule has 5 heteroatoms. The Labute approximate surface area is 101 Å². The van der Waals surface area contributed by atoms with Crippen molar-refractivity contribution >= 4 is 23.5 Å². The molecule has 1 saturated heterocycles. The van der Waals surface area contributed by atoms with Crippen molar-refractivity contribution in [1.29, 1.82) is 0 Å². The van der Waals surface area contributed by atoms with E-state index in [0.717, 1.165) is 32.2 Å². The van der Waals surface area contributed by atoms with Crippen LogP contribution in [0.5, 0.6) is 0 Å². The van der Waals surface area contributed by atoms with Crippen molar-refractivity contribution < 1.29 is 9.59 Å². The molecule has 92 valence electrons. The van der Waals surface area contributed by atoms with Gasteiger partial charge >= 0.3 is 6.03 Å². The molecule has 0 aromatic heterocycles. The minimum atomic E-state index is -0.672. The zero-order valence-corrected chi connectivity index (χ0v) is 10.6. The average molecular weight is 247 g/mol. The monoisotopic (exact) mass is 246 g/mol. The van der Waals surface area contributed by atoms with Gasteiger partial charge in [-0.25, -0.2) is 4.79 Å². The second-order valence-corrected chi connectivity index (χ2v) is 4.82. The molecule has 0 aliphatic carbocycles. The van der Waals surface area contributed by atoms with E-state index >= 15 is 0 Å². The highest BCUT2D eigenvalue weighted by Crippen LogP contribution is 2.19. The highest BCUT2D eigenvalue weighted by molar-refractivity contribution is 6.31. The van der Waals surface area contributed by atoms with Crippen LogP contribution in [0.2, 0.25) is 0 Å². The normalized spacial score (nSPS) is 22.7. The van der Waals surface area contributed by atoms with Gasteiger partial charge in [0.05, 0.1) is 0 Å². The van der Waals surface area contributed by atoms with Crippen LogP contribution in [-0.2, 0) is 4.79 Å². The topological polar surface area (TPSA) is 49.4 Å². The zero-order chi connectivity index (χ0) is 12.1. The Morgan fingerprint density at radius 3 is 2.75 bits per heavy atom. The first-order valence-corrected chi connectivity index (χ1v) is 6.25. The van der Waals surface area contributed by atoms with Gasteiger partial charge in [-0.1, -0.05) is 6.92 Å². The first-order chi connectivity index (χ1) is 7.56. The Morgan fingerprint density at radius 1 is 1.50 bits per heavy atom. The van der Waals surface area contributed by atoms with Gasteiger partial charge in [0.25, 0.3) is 0 Å². The Bertz CT molecular complexity index is 269. The summed E-state index contributed by atoms with van der Waals surface area (Å²) >= 11 is 5.60. The quantitative estimate of drug-likeness (QED) is 0.759. The number of imide groups is 1. The van der Waals surface area contributed by atoms with Crippen LogP contribution >= 0.6 is 11.6 Å². The van der Waals surface area contributed by atoms with Crippen LogP contribution in [-0.4, -0.2) is 34.8 Å². The SMILES string of the molecule is CCC1CCCCN1C(=O)NC(=O)C(C)Cl. The number of rotatable bonds is 2. The Hall–Kier alpha value is -0.770. The maximum atomic E-state index is 11.8. The van der Waals surface area contributed by atoms with Gasteiger partial charge in [-0.2, -0.15) is 0 Å². The number of hydrogen-bond donors (Lipinski definition) is 1. The van der Waals surface area contributed by atoms with Gasteiger partial charge in [0.15, 0.2) is 0 Å². The standard InChI is InChI=1S/C11H19ClN2O2/c1-3-9-6-4-5-7-14(9)11(16)13-10(15)8(2)12/h8-9H,3-7H2,1-2H3,(H,13,15,16). The number of carbonyl (C=O) groups excluding carboxylic acids is 2. The number of carbonyl (C=O) groups is 2. The van der Waals surface area contributed by atoms with E-state index in [-0.39, 0.29) is 12.1 Å². The highest BCUT2D eigenvalue weighted by atomic mass is 35.5. The van der Waals surface area contributed by atoms with E-state index in [0.29, 0.717) is 0 Å². The molecule has 16 heavy (non-hydrogen) atoms. The number of likely N-dealkylation sites (tertiary alicyclic amines) is 1. The lowest BCUT2D eigenvalue weighted by Crippen LogP contribution is -2.51. The van der Waals surface area contributed by atoms with Gasteiger partial charge in [-0.3, -0.25) is 10.1 Å². The molecule has 0 bridgehead atoms. The zero-order valence-electron chi connectivity index (χ0n) is 9.83. The third-order valence-corrected chi connectivity index (χ3v) is 3.15. The largest absolute Gasteiger partial charge is 0.324 e. The molecule has 4 nitrogen and oxygen atoms in total. The summed E-state index contributed by atoms with van der Waals surface area (Å²) in [6.07, 6.45) is 4.11. The summed E-state index contributed by atoms with van der Waals surface area (Å²) in [6.45, 7) is 4.34. The van der Waals surface area contributed by atoms with E-state index in [1.165, 1.54) is 0 Å². The molecule has 2 atom stereocenters. The summed E-state index contributed by atoms with van der Waals surface area (Å²) in [5, 5.41) is 1.66. The summed E-state index contributed by atoms with van der Waals surface area (Å²) in [6, 6.07) is -0.0452. The van der Waals surface area contributed by atoms with E-state index in [1.807, 2.05) is 0 Å². The molecule has 0 aromatic carbocycles. The average Bonchev–Trinajstić information content (AvgIpc) is 2.28. The van der Waals surface area contributed by atoms with Gasteiger partial charge in [0.2, 0.25) is 5.91 Å². The first kappa shape index (κ1) is 13.3. The van der Waals surface area contributed by atoms with Gasteiger partial charge < -0.3 is 4.90 Å². The fraction of sp³-hybridized carbons (Fsp3) is 0.818. The number of urea groups is 1. The molecular weight excluding hydrogens is 228 g/mol. The molecule has 2 unspecified atom stereocenters. The molecule has 3 amide bonds. The number of nitrogens with one attached hydrogen (secondary N) is 1. The van der Waals surface area contributed by atoms with E-state index in [1.54, 1.807) is 11.8 Å². The summed E-state index contributed by atoms with van der Waals surface area (Å²) < 4.78 is 0. The van der Waals surface area contributed by atoms with Crippen LogP contribution in [0.3, 0.4) is 0 Å². The van der Waals surface area contributed by atoms with Crippen molar-refractivity contribution in [1.82, 2.24) is 10.2 Å². The summed E-state index contributed by atoms with van der Waals surface area (Å²) in [5.41, 5.74) is 0. The van der Waals surface area contributed by atoms with E-state index in [4.69, 9.17) is 11.6 Å². The van der Waals surface area contributed by atoms with Crippen LogP contribution < -0.4 is 5.32 Å². The molecule has 0 aromatic rings. The summed E-state index contributed by atoms with van der Waals surface area (Å²) in [4.78, 5) is 24.9. The smallest absolute Gasteiger partial charge is 0.321 e. The molecule has 1 rings (SSSR count). The minimum absolute atomic E-state index is 0.257. The third-order valence-electron chi connectivity index (χ3n) is 2.95. The lowest BCUT2D eigenvalue weighted by Gasteiger charge is -2.35. The second kappa shape index (κ2) is 6.09. The van der Waals surface area contributed by atoms with Crippen molar-refractivity contribution in [3.8, 4) is 0 Å². The molecule has 1 N–H and O–H groups in total. The Kier molecular flexibility index (Phi) is 5.06. The summed E-state index contributed by atoms with van der Waals surface area (Å²) in [7, 11) is 0. The van der Waals surface area contributed by atoms with Crippen molar-refractivity contribution in [2.75, 3.05) is 6.54 Å². The van der Waals surface area contributed by atoms with Crippen molar-refractivity contribution in [3.05, 3.63) is 0 Å². The first-order valence-electron chi connectivity index (χ1n) is 5.81. The lowest BCUT2D eigenvalue weighted by atomic mass is 10.0. The number of halogens is 1. The fourth-order valence-electron chi connectivity index (χ4n) is 1.97. The maximum Gasteiger partial charge on any atom is 0.324 e. The number of piperidine rings is 1. The number of hydrogen-bond acceptors (Lipinski definition) is 2. The minimum Gasteiger partial charge on any atom is -0.321 e.